The molecule has 0 spiro atoms. The second kappa shape index (κ2) is 6.09. The van der Waals surface area contributed by atoms with Crippen molar-refractivity contribution in [2.24, 2.45) is 0 Å². The van der Waals surface area contributed by atoms with E-state index in [9.17, 15) is 4.79 Å². The topological polar surface area (TPSA) is 55.6 Å². The molecule has 0 aliphatic carbocycles. The van der Waals surface area contributed by atoms with Crippen molar-refractivity contribution >= 4 is 17.2 Å². The number of anilines is 1. The molecule has 1 N–H and O–H groups in total. The third kappa shape index (κ3) is 3.39. The molecule has 2 heterocycles. The van der Waals surface area contributed by atoms with Crippen molar-refractivity contribution in [2.75, 3.05) is 11.9 Å². The Bertz CT molecular complexity index is 737. The molecule has 0 atom stereocenters. The number of nitrogens with one attached hydrogen (secondary N) is 1. The Morgan fingerprint density at radius 2 is 2.05 bits per heavy atom. The minimum atomic E-state index is -0.0783. The Morgan fingerprint density at radius 1 is 1.19 bits per heavy atom. The summed E-state index contributed by atoms with van der Waals surface area (Å²) in [7, 11) is 0. The molecule has 3 aromatic rings. The first kappa shape index (κ1) is 13.2. The second-order valence-corrected chi connectivity index (χ2v) is 4.57. The molecule has 1 aromatic carbocycles. The van der Waals surface area contributed by atoms with E-state index in [0.717, 1.165) is 17.1 Å². The van der Waals surface area contributed by atoms with Crippen molar-refractivity contribution in [3.63, 3.8) is 0 Å². The number of carbonyl (C=O) groups is 1. The molecular weight excluding hydrogens is 266 g/mol. The van der Waals surface area contributed by atoms with Crippen molar-refractivity contribution in [3.05, 3.63) is 61.1 Å². The van der Waals surface area contributed by atoms with Gasteiger partial charge < -0.3 is 14.5 Å². The molecule has 2 aromatic heterocycles. The monoisotopic (exact) mass is 281 g/mol. The van der Waals surface area contributed by atoms with Gasteiger partial charge in [-0.3, -0.25) is 4.79 Å². The van der Waals surface area contributed by atoms with E-state index in [2.05, 4.69) is 10.3 Å². The van der Waals surface area contributed by atoms with Crippen LogP contribution in [0.4, 0.5) is 5.69 Å². The first-order valence-electron chi connectivity index (χ1n) is 6.72. The summed E-state index contributed by atoms with van der Waals surface area (Å²) < 4.78 is 7.35. The van der Waals surface area contributed by atoms with E-state index >= 15 is 0 Å². The number of para-hydroxylation sites is 1. The molecular formula is C16H15N3O2. The number of hydrogen-bond donors (Lipinski definition) is 1. The van der Waals surface area contributed by atoms with Crippen LogP contribution in [0.5, 0.6) is 5.75 Å². The fourth-order valence-corrected chi connectivity index (χ4v) is 2.00. The van der Waals surface area contributed by atoms with E-state index < -0.39 is 0 Å². The number of fused-ring (bicyclic) bond motifs is 1. The van der Waals surface area contributed by atoms with Crippen LogP contribution in [0, 0.1) is 0 Å². The largest absolute Gasteiger partial charge is 0.493 e. The number of amides is 1. The molecule has 106 valence electrons. The van der Waals surface area contributed by atoms with Crippen molar-refractivity contribution in [3.8, 4) is 5.75 Å². The fraction of sp³-hybridized carbons (Fsp3) is 0.125. The molecule has 0 aliphatic rings. The first-order valence-corrected chi connectivity index (χ1v) is 6.72. The average molecular weight is 281 g/mol. The van der Waals surface area contributed by atoms with Crippen LogP contribution in [0.3, 0.4) is 0 Å². The van der Waals surface area contributed by atoms with Gasteiger partial charge in [-0.25, -0.2) is 4.98 Å². The zero-order valence-corrected chi connectivity index (χ0v) is 11.4. The summed E-state index contributed by atoms with van der Waals surface area (Å²) in [6, 6.07) is 13.1. The van der Waals surface area contributed by atoms with Crippen molar-refractivity contribution < 1.29 is 9.53 Å². The van der Waals surface area contributed by atoms with Crippen LogP contribution < -0.4 is 10.1 Å². The summed E-state index contributed by atoms with van der Waals surface area (Å²) in [5, 5.41) is 2.84. The Hall–Kier alpha value is -2.82. The Balaban J connectivity index is 1.51. The van der Waals surface area contributed by atoms with Gasteiger partial charge in [-0.05, 0) is 24.3 Å². The molecule has 0 fully saturated rings. The molecule has 21 heavy (non-hydrogen) atoms. The van der Waals surface area contributed by atoms with Gasteiger partial charge in [0.15, 0.2) is 0 Å². The minimum absolute atomic E-state index is 0.0783. The van der Waals surface area contributed by atoms with Crippen molar-refractivity contribution in [1.82, 2.24) is 9.38 Å². The summed E-state index contributed by atoms with van der Waals surface area (Å²) in [5.74, 6) is 0.690. The lowest BCUT2D eigenvalue weighted by Gasteiger charge is -2.07. The number of imidazole rings is 1. The molecule has 0 saturated carbocycles. The van der Waals surface area contributed by atoms with E-state index in [1.807, 2.05) is 59.3 Å². The van der Waals surface area contributed by atoms with Crippen LogP contribution in [-0.2, 0) is 4.79 Å². The predicted molar refractivity (Wildman–Crippen MR) is 80.4 cm³/mol. The summed E-state index contributed by atoms with van der Waals surface area (Å²) in [6.07, 6.45) is 5.69. The van der Waals surface area contributed by atoms with Gasteiger partial charge in [0.2, 0.25) is 5.91 Å². The summed E-state index contributed by atoms with van der Waals surface area (Å²) >= 11 is 0. The van der Waals surface area contributed by atoms with Gasteiger partial charge in [0.25, 0.3) is 0 Å². The SMILES string of the molecule is O=C(CCOc1ccccc1)Nc1ccc2nccn2c1. The highest BCUT2D eigenvalue weighted by molar-refractivity contribution is 5.90. The number of hydrogen-bond acceptors (Lipinski definition) is 3. The molecule has 3 rings (SSSR count). The van der Waals surface area contributed by atoms with Crippen LogP contribution in [0.25, 0.3) is 5.65 Å². The van der Waals surface area contributed by atoms with Gasteiger partial charge in [-0.1, -0.05) is 18.2 Å². The lowest BCUT2D eigenvalue weighted by atomic mass is 10.3. The number of ether oxygens (including phenoxy) is 1. The molecule has 0 unspecified atom stereocenters. The van der Waals surface area contributed by atoms with Gasteiger partial charge in [-0.2, -0.15) is 0 Å². The summed E-state index contributed by atoms with van der Waals surface area (Å²) in [5.41, 5.74) is 1.59. The van der Waals surface area contributed by atoms with E-state index in [1.165, 1.54) is 0 Å². The summed E-state index contributed by atoms with van der Waals surface area (Å²) in [6.45, 7) is 0.350. The van der Waals surface area contributed by atoms with Gasteiger partial charge >= 0.3 is 0 Å². The number of pyridine rings is 1. The van der Waals surface area contributed by atoms with Crippen LogP contribution in [0.2, 0.25) is 0 Å². The van der Waals surface area contributed by atoms with E-state index in [0.29, 0.717) is 13.0 Å². The molecule has 5 nitrogen and oxygen atoms in total. The fourth-order valence-electron chi connectivity index (χ4n) is 2.00. The number of nitrogens with zero attached hydrogens (tertiary/aromatic N) is 2. The van der Waals surface area contributed by atoms with Crippen molar-refractivity contribution in [2.45, 2.75) is 6.42 Å². The Morgan fingerprint density at radius 3 is 2.90 bits per heavy atom. The lowest BCUT2D eigenvalue weighted by Crippen LogP contribution is -2.15. The van der Waals surface area contributed by atoms with Gasteiger partial charge in [0.05, 0.1) is 18.7 Å². The highest BCUT2D eigenvalue weighted by Crippen LogP contribution is 2.11. The molecule has 0 bridgehead atoms. The number of benzene rings is 1. The third-order valence-electron chi connectivity index (χ3n) is 3.01. The normalized spacial score (nSPS) is 10.5. The maximum Gasteiger partial charge on any atom is 0.227 e. The van der Waals surface area contributed by atoms with Gasteiger partial charge in [-0.15, -0.1) is 0 Å². The van der Waals surface area contributed by atoms with E-state index in [1.54, 1.807) is 6.20 Å². The zero-order chi connectivity index (χ0) is 14.5. The van der Waals surface area contributed by atoms with Crippen LogP contribution in [0.1, 0.15) is 6.42 Å². The maximum absolute atomic E-state index is 11.9. The molecule has 0 saturated heterocycles. The zero-order valence-electron chi connectivity index (χ0n) is 11.4. The highest BCUT2D eigenvalue weighted by atomic mass is 16.5. The molecule has 1 amide bonds. The number of carbonyl (C=O) groups excluding carboxylic acids is 1. The third-order valence-corrected chi connectivity index (χ3v) is 3.01. The van der Waals surface area contributed by atoms with Gasteiger partial charge in [0, 0.05) is 18.6 Å². The molecule has 0 radical (unpaired) electrons. The van der Waals surface area contributed by atoms with E-state index in [-0.39, 0.29) is 5.91 Å². The van der Waals surface area contributed by atoms with E-state index in [4.69, 9.17) is 4.74 Å². The number of aromatic nitrogens is 2. The van der Waals surface area contributed by atoms with Crippen molar-refractivity contribution in [1.29, 1.82) is 0 Å². The Kier molecular flexibility index (Phi) is 3.82. The predicted octanol–water partition coefficient (Wildman–Crippen LogP) is 2.74. The Labute approximate surface area is 122 Å². The quantitative estimate of drug-likeness (QED) is 0.782. The molecule has 0 aliphatic heterocycles. The smallest absolute Gasteiger partial charge is 0.227 e. The lowest BCUT2D eigenvalue weighted by molar-refractivity contribution is -0.116. The van der Waals surface area contributed by atoms with Crippen LogP contribution in [0.15, 0.2) is 61.1 Å². The summed E-state index contributed by atoms with van der Waals surface area (Å²) in [4.78, 5) is 16.0. The molecule has 5 heteroatoms. The van der Waals surface area contributed by atoms with Gasteiger partial charge in [0.1, 0.15) is 11.4 Å². The highest BCUT2D eigenvalue weighted by Gasteiger charge is 2.04. The average Bonchev–Trinajstić information content (AvgIpc) is 2.96. The van der Waals surface area contributed by atoms with Crippen LogP contribution >= 0.6 is 0 Å². The maximum atomic E-state index is 11.9. The first-order chi connectivity index (χ1) is 10.3. The van der Waals surface area contributed by atoms with Crippen LogP contribution in [-0.4, -0.2) is 21.9 Å². The number of rotatable bonds is 5. The minimum Gasteiger partial charge on any atom is -0.493 e. The standard InChI is InChI=1S/C16H15N3O2/c20-16(8-11-21-14-4-2-1-3-5-14)18-13-6-7-15-17-9-10-19(15)12-13/h1-7,9-10,12H,8,11H2,(H,18,20). The second-order valence-electron chi connectivity index (χ2n) is 4.57.